The van der Waals surface area contributed by atoms with E-state index in [2.05, 4.69) is 0 Å². The van der Waals surface area contributed by atoms with E-state index < -0.39 is 11.9 Å². The lowest BCUT2D eigenvalue weighted by Crippen LogP contribution is -2.34. The highest BCUT2D eigenvalue weighted by atomic mass is 16.4. The second-order valence-electron chi connectivity index (χ2n) is 3.97. The maximum atomic E-state index is 11.1. The van der Waals surface area contributed by atoms with Crippen molar-refractivity contribution in [1.82, 2.24) is 4.90 Å². The van der Waals surface area contributed by atoms with E-state index in [1.807, 2.05) is 11.9 Å². The number of carboxylic acid groups (broad SMARTS) is 1. The van der Waals surface area contributed by atoms with E-state index in [4.69, 9.17) is 5.11 Å². The molecular weight excluding hydrogens is 194 g/mol. The standard InChI is InChI=1S/C11H13NO3/c1-12-5-7-2-3-8(13)4-9(7)10(6-12)11(14)15/h2-4,10,13H,5-6H2,1H3,(H,14,15). The van der Waals surface area contributed by atoms with Gasteiger partial charge in [-0.25, -0.2) is 0 Å². The molecule has 2 rings (SSSR count). The summed E-state index contributed by atoms with van der Waals surface area (Å²) >= 11 is 0. The minimum absolute atomic E-state index is 0.129. The summed E-state index contributed by atoms with van der Waals surface area (Å²) in [6.45, 7) is 1.23. The van der Waals surface area contributed by atoms with Gasteiger partial charge in [0.1, 0.15) is 5.75 Å². The summed E-state index contributed by atoms with van der Waals surface area (Å²) in [6, 6.07) is 4.94. The number of aromatic hydroxyl groups is 1. The molecule has 0 bridgehead atoms. The van der Waals surface area contributed by atoms with Crippen LogP contribution in [0.25, 0.3) is 0 Å². The van der Waals surface area contributed by atoms with E-state index in [0.717, 1.165) is 17.7 Å². The van der Waals surface area contributed by atoms with Crippen LogP contribution in [0.3, 0.4) is 0 Å². The lowest BCUT2D eigenvalue weighted by molar-refractivity contribution is -0.139. The van der Waals surface area contributed by atoms with Crippen LogP contribution in [0.4, 0.5) is 0 Å². The summed E-state index contributed by atoms with van der Waals surface area (Å²) in [4.78, 5) is 13.0. The Morgan fingerprint density at radius 3 is 2.93 bits per heavy atom. The lowest BCUT2D eigenvalue weighted by atomic mass is 9.90. The third-order valence-electron chi connectivity index (χ3n) is 2.74. The molecule has 0 saturated carbocycles. The van der Waals surface area contributed by atoms with E-state index in [0.29, 0.717) is 6.54 Å². The number of likely N-dealkylation sites (N-methyl/N-ethyl adjacent to an activating group) is 1. The number of fused-ring (bicyclic) bond motifs is 1. The number of benzene rings is 1. The maximum Gasteiger partial charge on any atom is 0.312 e. The molecule has 4 nitrogen and oxygen atoms in total. The SMILES string of the molecule is CN1Cc2ccc(O)cc2C(C(=O)O)C1. The molecule has 1 aliphatic rings. The quantitative estimate of drug-likeness (QED) is 0.721. The predicted molar refractivity (Wildman–Crippen MR) is 54.8 cm³/mol. The Bertz CT molecular complexity index is 403. The van der Waals surface area contributed by atoms with Crippen molar-refractivity contribution in [1.29, 1.82) is 0 Å². The molecule has 1 aromatic carbocycles. The Balaban J connectivity index is 2.47. The number of carbonyl (C=O) groups is 1. The molecule has 1 aliphatic heterocycles. The fourth-order valence-electron chi connectivity index (χ4n) is 2.03. The summed E-state index contributed by atoms with van der Waals surface area (Å²) in [5.74, 6) is -1.25. The topological polar surface area (TPSA) is 60.8 Å². The van der Waals surface area contributed by atoms with Gasteiger partial charge >= 0.3 is 5.97 Å². The van der Waals surface area contributed by atoms with Crippen LogP contribution in [0.5, 0.6) is 5.75 Å². The largest absolute Gasteiger partial charge is 0.508 e. The smallest absolute Gasteiger partial charge is 0.312 e. The number of phenols is 1. The number of aliphatic carboxylic acids is 1. The van der Waals surface area contributed by atoms with Gasteiger partial charge in [-0.15, -0.1) is 0 Å². The average Bonchev–Trinajstić information content (AvgIpc) is 2.17. The number of phenolic OH excluding ortho intramolecular Hbond substituents is 1. The lowest BCUT2D eigenvalue weighted by Gasteiger charge is -2.29. The van der Waals surface area contributed by atoms with E-state index in [1.54, 1.807) is 18.2 Å². The number of nitrogens with zero attached hydrogens (tertiary/aromatic N) is 1. The average molecular weight is 207 g/mol. The van der Waals surface area contributed by atoms with Crippen molar-refractivity contribution in [2.75, 3.05) is 13.6 Å². The van der Waals surface area contributed by atoms with Gasteiger partial charge in [0.05, 0.1) is 5.92 Å². The first-order valence-electron chi connectivity index (χ1n) is 4.81. The predicted octanol–water partition coefficient (Wildman–Crippen LogP) is 1.01. The van der Waals surface area contributed by atoms with Crippen LogP contribution in [0.1, 0.15) is 17.0 Å². The van der Waals surface area contributed by atoms with Crippen molar-refractivity contribution in [2.45, 2.75) is 12.5 Å². The molecule has 4 heteroatoms. The van der Waals surface area contributed by atoms with E-state index >= 15 is 0 Å². The van der Waals surface area contributed by atoms with Crippen molar-refractivity contribution in [3.05, 3.63) is 29.3 Å². The fraction of sp³-hybridized carbons (Fsp3) is 0.364. The molecule has 1 atom stereocenters. The van der Waals surface area contributed by atoms with Gasteiger partial charge in [0.2, 0.25) is 0 Å². The molecular formula is C11H13NO3. The Morgan fingerprint density at radius 1 is 1.53 bits per heavy atom. The van der Waals surface area contributed by atoms with Crippen molar-refractivity contribution in [3.8, 4) is 5.75 Å². The fourth-order valence-corrected chi connectivity index (χ4v) is 2.03. The highest BCUT2D eigenvalue weighted by Crippen LogP contribution is 2.30. The molecule has 0 aliphatic carbocycles. The summed E-state index contributed by atoms with van der Waals surface area (Å²) in [6.07, 6.45) is 0. The van der Waals surface area contributed by atoms with Gasteiger partial charge in [0.15, 0.2) is 0 Å². The highest BCUT2D eigenvalue weighted by molar-refractivity contribution is 5.77. The molecule has 2 N–H and O–H groups in total. The van der Waals surface area contributed by atoms with Crippen LogP contribution < -0.4 is 0 Å². The van der Waals surface area contributed by atoms with Crippen LogP contribution >= 0.6 is 0 Å². The number of hydrogen-bond acceptors (Lipinski definition) is 3. The first kappa shape index (κ1) is 9.98. The van der Waals surface area contributed by atoms with Gasteiger partial charge in [-0.1, -0.05) is 6.07 Å². The molecule has 15 heavy (non-hydrogen) atoms. The van der Waals surface area contributed by atoms with Crippen LogP contribution in [0.15, 0.2) is 18.2 Å². The first-order chi connectivity index (χ1) is 7.08. The first-order valence-corrected chi connectivity index (χ1v) is 4.81. The Morgan fingerprint density at radius 2 is 2.27 bits per heavy atom. The van der Waals surface area contributed by atoms with Crippen molar-refractivity contribution in [3.63, 3.8) is 0 Å². The Kier molecular flexibility index (Phi) is 2.36. The van der Waals surface area contributed by atoms with Gasteiger partial charge in [-0.05, 0) is 30.3 Å². The molecule has 0 spiro atoms. The van der Waals surface area contributed by atoms with Gasteiger partial charge in [-0.2, -0.15) is 0 Å². The minimum Gasteiger partial charge on any atom is -0.508 e. The third-order valence-corrected chi connectivity index (χ3v) is 2.74. The second kappa shape index (κ2) is 3.55. The number of rotatable bonds is 1. The zero-order valence-electron chi connectivity index (χ0n) is 8.47. The van der Waals surface area contributed by atoms with E-state index in [1.165, 1.54) is 0 Å². The highest BCUT2D eigenvalue weighted by Gasteiger charge is 2.28. The molecule has 0 aromatic heterocycles. The maximum absolute atomic E-state index is 11.1. The van der Waals surface area contributed by atoms with E-state index in [9.17, 15) is 9.90 Å². The van der Waals surface area contributed by atoms with Gasteiger partial charge in [0.25, 0.3) is 0 Å². The van der Waals surface area contributed by atoms with Crippen LogP contribution in [0, 0.1) is 0 Å². The molecule has 1 unspecified atom stereocenters. The molecule has 80 valence electrons. The molecule has 1 aromatic rings. The van der Waals surface area contributed by atoms with Gasteiger partial charge in [-0.3, -0.25) is 4.79 Å². The molecule has 0 fully saturated rings. The Labute approximate surface area is 87.8 Å². The zero-order valence-corrected chi connectivity index (χ0v) is 8.47. The third kappa shape index (κ3) is 1.80. The van der Waals surface area contributed by atoms with Crippen LogP contribution in [-0.4, -0.2) is 34.7 Å². The summed E-state index contributed by atoms with van der Waals surface area (Å²) in [5.41, 5.74) is 1.72. The minimum atomic E-state index is -0.839. The summed E-state index contributed by atoms with van der Waals surface area (Å²) < 4.78 is 0. The molecule has 0 saturated heterocycles. The summed E-state index contributed by atoms with van der Waals surface area (Å²) in [7, 11) is 1.89. The monoisotopic (exact) mass is 207 g/mol. The zero-order chi connectivity index (χ0) is 11.0. The summed E-state index contributed by atoms with van der Waals surface area (Å²) in [5, 5.41) is 18.4. The molecule has 0 amide bonds. The normalized spacial score (nSPS) is 21.0. The van der Waals surface area contributed by atoms with Gasteiger partial charge in [0, 0.05) is 13.1 Å². The van der Waals surface area contributed by atoms with Crippen LogP contribution in [0.2, 0.25) is 0 Å². The molecule has 1 heterocycles. The number of carboxylic acids is 1. The van der Waals surface area contributed by atoms with Gasteiger partial charge < -0.3 is 15.1 Å². The van der Waals surface area contributed by atoms with E-state index in [-0.39, 0.29) is 5.75 Å². The van der Waals surface area contributed by atoms with Crippen molar-refractivity contribution < 1.29 is 15.0 Å². The van der Waals surface area contributed by atoms with Crippen molar-refractivity contribution >= 4 is 5.97 Å². The number of hydrogen-bond donors (Lipinski definition) is 2. The van der Waals surface area contributed by atoms with Crippen molar-refractivity contribution in [2.24, 2.45) is 0 Å². The second-order valence-corrected chi connectivity index (χ2v) is 3.97. The molecule has 0 radical (unpaired) electrons. The van der Waals surface area contributed by atoms with Crippen LogP contribution in [-0.2, 0) is 11.3 Å². The Hall–Kier alpha value is -1.55.